The zero-order valence-corrected chi connectivity index (χ0v) is 16.8. The van der Waals surface area contributed by atoms with Crippen molar-refractivity contribution in [3.8, 4) is 17.1 Å². The van der Waals surface area contributed by atoms with Gasteiger partial charge in [0.05, 0.1) is 27.2 Å². The van der Waals surface area contributed by atoms with Crippen molar-refractivity contribution in [1.29, 1.82) is 0 Å². The van der Waals surface area contributed by atoms with E-state index in [4.69, 9.17) is 9.72 Å². The monoisotopic (exact) mass is 398 g/mol. The van der Waals surface area contributed by atoms with Gasteiger partial charge in [-0.25, -0.2) is 18.6 Å². The molecule has 8 heteroatoms. The maximum atomic E-state index is 14.3. The molecule has 6 nitrogen and oxygen atoms in total. The summed E-state index contributed by atoms with van der Waals surface area (Å²) in [4.78, 5) is 13.5. The fourth-order valence-corrected chi connectivity index (χ4v) is 3.50. The summed E-state index contributed by atoms with van der Waals surface area (Å²) in [5.41, 5.74) is 3.89. The normalized spacial score (nSPS) is 15.0. The zero-order valence-electron chi connectivity index (χ0n) is 16.0. The first kappa shape index (κ1) is 18.6. The molecule has 2 aromatic heterocycles. The second kappa shape index (κ2) is 6.70. The maximum absolute atomic E-state index is 14.3. The van der Waals surface area contributed by atoms with Crippen LogP contribution in [0.15, 0.2) is 34.9 Å². The van der Waals surface area contributed by atoms with Gasteiger partial charge in [-0.3, -0.25) is 4.98 Å². The van der Waals surface area contributed by atoms with Gasteiger partial charge in [-0.05, 0) is 45.9 Å². The lowest BCUT2D eigenvalue weighted by Crippen LogP contribution is -2.20. The standard InChI is InChI=1S/C20H19FN4O2S/c1-11(25-28(26)20(2,3)4)14-8-12(21)9-15-17(14)24-18-13-6-5-7-22-16(13)10-27-19(18)23-15/h5-9H,10H2,1-4H3/b25-11+/t28-/m1/s1. The molecule has 28 heavy (non-hydrogen) atoms. The predicted molar refractivity (Wildman–Crippen MR) is 107 cm³/mol. The molecule has 1 aromatic carbocycles. The number of fused-ring (bicyclic) bond motifs is 4. The third kappa shape index (κ3) is 3.28. The van der Waals surface area contributed by atoms with Crippen LogP contribution in [0.2, 0.25) is 0 Å². The summed E-state index contributed by atoms with van der Waals surface area (Å²) in [5, 5.41) is 0. The van der Waals surface area contributed by atoms with Crippen LogP contribution in [0.5, 0.6) is 5.88 Å². The Morgan fingerprint density at radius 1 is 1.29 bits per heavy atom. The Bertz CT molecular complexity index is 1150. The highest BCUT2D eigenvalue weighted by Gasteiger charge is 2.24. The predicted octanol–water partition coefficient (Wildman–Crippen LogP) is 3.99. The van der Waals surface area contributed by atoms with Crippen LogP contribution in [0, 0.1) is 5.82 Å². The topological polar surface area (TPSA) is 77.3 Å². The summed E-state index contributed by atoms with van der Waals surface area (Å²) >= 11 is 0. The van der Waals surface area contributed by atoms with Crippen LogP contribution in [0.4, 0.5) is 4.39 Å². The highest BCUT2D eigenvalue weighted by atomic mass is 32.2. The van der Waals surface area contributed by atoms with E-state index in [9.17, 15) is 8.60 Å². The van der Waals surface area contributed by atoms with Crippen LogP contribution in [0.1, 0.15) is 39.0 Å². The van der Waals surface area contributed by atoms with Gasteiger partial charge < -0.3 is 4.74 Å². The second-order valence-corrected chi connectivity index (χ2v) is 9.43. The average molecular weight is 398 g/mol. The number of nitrogens with zero attached hydrogens (tertiary/aromatic N) is 4. The Hall–Kier alpha value is -2.74. The molecule has 0 amide bonds. The van der Waals surface area contributed by atoms with Gasteiger partial charge in [0.1, 0.15) is 29.1 Å². The van der Waals surface area contributed by atoms with Crippen molar-refractivity contribution in [3.05, 3.63) is 47.5 Å². The Morgan fingerprint density at radius 3 is 2.82 bits per heavy atom. The number of pyridine rings is 1. The van der Waals surface area contributed by atoms with Crippen molar-refractivity contribution in [2.45, 2.75) is 39.0 Å². The van der Waals surface area contributed by atoms with Gasteiger partial charge in [-0.15, -0.1) is 0 Å². The summed E-state index contributed by atoms with van der Waals surface area (Å²) in [6.45, 7) is 7.49. The van der Waals surface area contributed by atoms with Crippen molar-refractivity contribution in [2.75, 3.05) is 0 Å². The van der Waals surface area contributed by atoms with E-state index in [0.717, 1.165) is 11.3 Å². The molecular formula is C20H19FN4O2S. The molecule has 1 aliphatic rings. The number of halogens is 1. The van der Waals surface area contributed by atoms with E-state index in [-0.39, 0.29) is 6.61 Å². The number of ether oxygens (including phenoxy) is 1. The number of benzene rings is 1. The fraction of sp³-hybridized carbons (Fsp3) is 0.300. The van der Waals surface area contributed by atoms with Crippen molar-refractivity contribution in [3.63, 3.8) is 0 Å². The lowest BCUT2D eigenvalue weighted by Gasteiger charge is -2.19. The minimum Gasteiger partial charge on any atom is -0.470 e. The Kier molecular flexibility index (Phi) is 4.45. The van der Waals surface area contributed by atoms with Crippen molar-refractivity contribution in [2.24, 2.45) is 4.40 Å². The van der Waals surface area contributed by atoms with Gasteiger partial charge in [0.2, 0.25) is 5.88 Å². The third-order valence-electron chi connectivity index (χ3n) is 4.33. The third-order valence-corrected chi connectivity index (χ3v) is 5.81. The van der Waals surface area contributed by atoms with Gasteiger partial charge in [0.25, 0.3) is 0 Å². The molecule has 1 aliphatic heterocycles. The summed E-state index contributed by atoms with van der Waals surface area (Å²) in [6, 6.07) is 6.38. The van der Waals surface area contributed by atoms with Gasteiger partial charge in [0.15, 0.2) is 0 Å². The van der Waals surface area contributed by atoms with Crippen molar-refractivity contribution in [1.82, 2.24) is 15.0 Å². The fourth-order valence-electron chi connectivity index (χ4n) is 2.88. The first-order valence-corrected chi connectivity index (χ1v) is 9.91. The molecule has 1 atom stereocenters. The number of hydrogen-bond donors (Lipinski definition) is 0. The molecular weight excluding hydrogens is 379 g/mol. The van der Waals surface area contributed by atoms with E-state index >= 15 is 0 Å². The van der Waals surface area contributed by atoms with E-state index in [1.807, 2.05) is 32.9 Å². The molecule has 0 N–H and O–H groups in total. The Morgan fingerprint density at radius 2 is 2.07 bits per heavy atom. The molecule has 3 aromatic rings. The van der Waals surface area contributed by atoms with Gasteiger partial charge in [0, 0.05) is 23.4 Å². The van der Waals surface area contributed by atoms with Crippen molar-refractivity contribution < 1.29 is 13.3 Å². The maximum Gasteiger partial charge on any atom is 0.241 e. The largest absolute Gasteiger partial charge is 0.470 e. The summed E-state index contributed by atoms with van der Waals surface area (Å²) in [7, 11) is -1.47. The van der Waals surface area contributed by atoms with E-state index < -0.39 is 21.5 Å². The highest BCUT2D eigenvalue weighted by molar-refractivity contribution is 7.85. The zero-order chi connectivity index (χ0) is 20.1. The molecule has 0 saturated carbocycles. The van der Waals surface area contributed by atoms with E-state index in [0.29, 0.717) is 33.9 Å². The molecule has 0 radical (unpaired) electrons. The van der Waals surface area contributed by atoms with Crippen LogP contribution >= 0.6 is 0 Å². The van der Waals surface area contributed by atoms with Gasteiger partial charge in [-0.2, -0.15) is 4.40 Å². The molecule has 0 spiro atoms. The van der Waals surface area contributed by atoms with E-state index in [1.54, 1.807) is 13.1 Å². The minimum atomic E-state index is -1.47. The van der Waals surface area contributed by atoms with Gasteiger partial charge in [-0.1, -0.05) is 0 Å². The molecule has 0 unspecified atom stereocenters. The van der Waals surface area contributed by atoms with Crippen LogP contribution in [0.25, 0.3) is 22.3 Å². The van der Waals surface area contributed by atoms with Gasteiger partial charge >= 0.3 is 0 Å². The summed E-state index contributed by atoms with van der Waals surface area (Å²) in [5.74, 6) is -0.122. The molecule has 3 heterocycles. The van der Waals surface area contributed by atoms with Crippen LogP contribution in [-0.2, 0) is 17.6 Å². The number of rotatable bonds is 2. The SMILES string of the molecule is C/C(=N\[S@](=O)C(C)(C)C)c1cc(F)cc2nc3c(nc12)-c1cccnc1CO3. The quantitative estimate of drug-likeness (QED) is 0.610. The first-order chi connectivity index (χ1) is 13.2. The lowest BCUT2D eigenvalue weighted by molar-refractivity contribution is 0.285. The number of aromatic nitrogens is 3. The molecule has 144 valence electrons. The second-order valence-electron chi connectivity index (χ2n) is 7.52. The molecule has 0 saturated heterocycles. The minimum absolute atomic E-state index is 0.288. The van der Waals surface area contributed by atoms with E-state index in [1.165, 1.54) is 12.1 Å². The molecule has 0 aliphatic carbocycles. The summed E-state index contributed by atoms with van der Waals surface area (Å²) in [6.07, 6.45) is 1.70. The molecule has 0 bridgehead atoms. The molecule has 0 fully saturated rings. The first-order valence-electron chi connectivity index (χ1n) is 8.80. The van der Waals surface area contributed by atoms with E-state index in [2.05, 4.69) is 14.4 Å². The Balaban J connectivity index is 1.94. The van der Waals surface area contributed by atoms with Crippen LogP contribution in [-0.4, -0.2) is 29.6 Å². The average Bonchev–Trinajstić information content (AvgIpc) is 2.65. The number of hydrogen-bond acceptors (Lipinski definition) is 5. The van der Waals surface area contributed by atoms with Crippen LogP contribution < -0.4 is 4.74 Å². The summed E-state index contributed by atoms with van der Waals surface area (Å²) < 4.78 is 36.1. The lowest BCUT2D eigenvalue weighted by atomic mass is 10.1. The Labute approximate surface area is 164 Å². The highest BCUT2D eigenvalue weighted by Crippen LogP contribution is 2.35. The van der Waals surface area contributed by atoms with Crippen molar-refractivity contribution >= 4 is 27.7 Å². The molecule has 4 rings (SSSR count). The van der Waals surface area contributed by atoms with Crippen LogP contribution in [0.3, 0.4) is 0 Å². The smallest absolute Gasteiger partial charge is 0.241 e.